The molecule has 3 rings (SSSR count). The molecule has 1 heterocycles. The van der Waals surface area contributed by atoms with Crippen LogP contribution in [0.3, 0.4) is 0 Å². The molecule has 3 nitrogen and oxygen atoms in total. The number of carbonyl (C=O) groups excluding carboxylic acids is 1. The fraction of sp³-hybridized carbons (Fsp3) is 0.316. The normalized spacial score (nSPS) is 19.3. The minimum Gasteiger partial charge on any atom is -0.376 e. The highest BCUT2D eigenvalue weighted by Gasteiger charge is 2.42. The SMILES string of the molecule is CC(O)(C(=O)NC1CCSc2ccccc21)c1ccccc1C(F)(F)F. The van der Waals surface area contributed by atoms with Gasteiger partial charge in [-0.1, -0.05) is 36.4 Å². The zero-order valence-electron chi connectivity index (χ0n) is 14.0. The molecular weight excluding hydrogens is 363 g/mol. The third-order valence-corrected chi connectivity index (χ3v) is 5.59. The van der Waals surface area contributed by atoms with Crippen LogP contribution in [0.25, 0.3) is 0 Å². The molecule has 0 spiro atoms. The minimum atomic E-state index is -4.66. The largest absolute Gasteiger partial charge is 0.416 e. The predicted molar refractivity (Wildman–Crippen MR) is 93.7 cm³/mol. The third-order valence-electron chi connectivity index (χ3n) is 4.46. The summed E-state index contributed by atoms with van der Waals surface area (Å²) in [5.74, 6) is -0.0654. The quantitative estimate of drug-likeness (QED) is 0.835. The number of nitrogens with one attached hydrogen (secondary N) is 1. The van der Waals surface area contributed by atoms with Crippen molar-refractivity contribution in [2.24, 2.45) is 0 Å². The van der Waals surface area contributed by atoms with Gasteiger partial charge in [-0.2, -0.15) is 13.2 Å². The fourth-order valence-electron chi connectivity index (χ4n) is 3.07. The molecule has 7 heteroatoms. The molecule has 26 heavy (non-hydrogen) atoms. The first-order chi connectivity index (χ1) is 12.2. The zero-order chi connectivity index (χ0) is 18.9. The van der Waals surface area contributed by atoms with Gasteiger partial charge in [0.05, 0.1) is 11.6 Å². The molecule has 2 aromatic carbocycles. The standard InChI is InChI=1S/C19H18F3NO2S/c1-18(25,13-7-3-4-8-14(13)19(20,21)22)17(24)23-15-10-11-26-16-9-5-2-6-12(15)16/h2-9,15,25H,10-11H2,1H3,(H,23,24). The molecule has 2 unspecified atom stereocenters. The van der Waals surface area contributed by atoms with Gasteiger partial charge in [-0.3, -0.25) is 4.79 Å². The molecule has 0 radical (unpaired) electrons. The third kappa shape index (κ3) is 3.59. The molecule has 2 N–H and O–H groups in total. The summed E-state index contributed by atoms with van der Waals surface area (Å²) in [4.78, 5) is 13.7. The zero-order valence-corrected chi connectivity index (χ0v) is 14.8. The van der Waals surface area contributed by atoms with Gasteiger partial charge in [-0.15, -0.1) is 11.8 Å². The van der Waals surface area contributed by atoms with E-state index in [2.05, 4.69) is 5.32 Å². The molecule has 2 atom stereocenters. The first-order valence-corrected chi connectivity index (χ1v) is 9.11. The summed E-state index contributed by atoms with van der Waals surface area (Å²) in [7, 11) is 0. The summed E-state index contributed by atoms with van der Waals surface area (Å²) in [5.41, 5.74) is -2.86. The van der Waals surface area contributed by atoms with Crippen molar-refractivity contribution in [1.82, 2.24) is 5.32 Å². The number of hydrogen-bond acceptors (Lipinski definition) is 3. The first-order valence-electron chi connectivity index (χ1n) is 8.13. The minimum absolute atomic E-state index is 0.343. The fourth-order valence-corrected chi connectivity index (χ4v) is 4.19. The summed E-state index contributed by atoms with van der Waals surface area (Å²) in [6, 6.07) is 11.8. The van der Waals surface area contributed by atoms with E-state index in [-0.39, 0.29) is 6.04 Å². The van der Waals surface area contributed by atoms with Crippen molar-refractivity contribution in [3.8, 4) is 0 Å². The van der Waals surface area contributed by atoms with Gasteiger partial charge in [0.25, 0.3) is 5.91 Å². The Bertz CT molecular complexity index is 820. The first kappa shape index (κ1) is 18.8. The lowest BCUT2D eigenvalue weighted by Gasteiger charge is -2.31. The van der Waals surface area contributed by atoms with Crippen LogP contribution in [0, 0.1) is 0 Å². The van der Waals surface area contributed by atoms with E-state index in [0.717, 1.165) is 35.3 Å². The number of carbonyl (C=O) groups is 1. The highest BCUT2D eigenvalue weighted by Crippen LogP contribution is 2.39. The molecule has 1 aliphatic rings. The lowest BCUT2D eigenvalue weighted by Crippen LogP contribution is -2.45. The van der Waals surface area contributed by atoms with Gasteiger partial charge >= 0.3 is 6.18 Å². The van der Waals surface area contributed by atoms with Gasteiger partial charge in [0.1, 0.15) is 0 Å². The molecular formula is C19H18F3NO2S. The maximum atomic E-state index is 13.3. The number of aliphatic hydroxyl groups is 1. The van der Waals surface area contributed by atoms with E-state index in [1.807, 2.05) is 24.3 Å². The Kier molecular flexibility index (Phi) is 5.03. The van der Waals surface area contributed by atoms with Crippen LogP contribution in [0.15, 0.2) is 53.4 Å². The van der Waals surface area contributed by atoms with E-state index in [1.54, 1.807) is 11.8 Å². The maximum absolute atomic E-state index is 13.3. The van der Waals surface area contributed by atoms with E-state index in [4.69, 9.17) is 0 Å². The second kappa shape index (κ2) is 6.96. The molecule has 2 aromatic rings. The highest BCUT2D eigenvalue weighted by molar-refractivity contribution is 7.99. The van der Waals surface area contributed by atoms with Crippen LogP contribution in [-0.2, 0) is 16.6 Å². The summed E-state index contributed by atoms with van der Waals surface area (Å²) < 4.78 is 39.8. The Morgan fingerprint density at radius 3 is 2.42 bits per heavy atom. The van der Waals surface area contributed by atoms with Crippen LogP contribution in [0.1, 0.15) is 36.1 Å². The topological polar surface area (TPSA) is 49.3 Å². The number of thioether (sulfide) groups is 1. The van der Waals surface area contributed by atoms with Crippen LogP contribution < -0.4 is 5.32 Å². The second-order valence-electron chi connectivity index (χ2n) is 6.32. The monoisotopic (exact) mass is 381 g/mol. The number of halogens is 3. The van der Waals surface area contributed by atoms with E-state index >= 15 is 0 Å². The van der Waals surface area contributed by atoms with Crippen molar-refractivity contribution in [2.45, 2.75) is 36.1 Å². The number of alkyl halides is 3. The number of amides is 1. The number of benzene rings is 2. The Morgan fingerprint density at radius 2 is 1.73 bits per heavy atom. The molecule has 0 aliphatic carbocycles. The molecule has 0 aromatic heterocycles. The van der Waals surface area contributed by atoms with Gasteiger partial charge in [-0.05, 0) is 31.0 Å². The average molecular weight is 381 g/mol. The highest BCUT2D eigenvalue weighted by atomic mass is 32.2. The molecule has 0 saturated carbocycles. The van der Waals surface area contributed by atoms with E-state index < -0.39 is 28.8 Å². The summed E-state index contributed by atoms with van der Waals surface area (Å²) in [6.07, 6.45) is -4.01. The van der Waals surface area contributed by atoms with Crippen molar-refractivity contribution in [1.29, 1.82) is 0 Å². The Morgan fingerprint density at radius 1 is 1.12 bits per heavy atom. The van der Waals surface area contributed by atoms with Gasteiger partial charge in [-0.25, -0.2) is 0 Å². The van der Waals surface area contributed by atoms with Crippen LogP contribution >= 0.6 is 11.8 Å². The second-order valence-corrected chi connectivity index (χ2v) is 7.45. The van der Waals surface area contributed by atoms with Gasteiger partial charge < -0.3 is 10.4 Å². The van der Waals surface area contributed by atoms with E-state index in [9.17, 15) is 23.1 Å². The molecule has 0 saturated heterocycles. The molecule has 0 bridgehead atoms. The summed E-state index contributed by atoms with van der Waals surface area (Å²) in [5, 5.41) is 13.4. The number of rotatable bonds is 3. The van der Waals surface area contributed by atoms with E-state index in [0.29, 0.717) is 6.42 Å². The van der Waals surface area contributed by atoms with E-state index in [1.165, 1.54) is 12.1 Å². The Balaban J connectivity index is 1.89. The molecule has 1 amide bonds. The van der Waals surface area contributed by atoms with Crippen molar-refractivity contribution in [3.05, 3.63) is 65.2 Å². The maximum Gasteiger partial charge on any atom is 0.416 e. The Hall–Kier alpha value is -1.99. The molecule has 0 fully saturated rings. The lowest BCUT2D eigenvalue weighted by atomic mass is 9.89. The summed E-state index contributed by atoms with van der Waals surface area (Å²) in [6.45, 7) is 1.09. The molecule has 138 valence electrons. The summed E-state index contributed by atoms with van der Waals surface area (Å²) >= 11 is 1.67. The van der Waals surface area contributed by atoms with Crippen LogP contribution in [0.5, 0.6) is 0 Å². The number of fused-ring (bicyclic) bond motifs is 1. The van der Waals surface area contributed by atoms with Crippen LogP contribution in [0.2, 0.25) is 0 Å². The Labute approximate surface area is 153 Å². The van der Waals surface area contributed by atoms with Crippen LogP contribution in [0.4, 0.5) is 13.2 Å². The number of hydrogen-bond donors (Lipinski definition) is 2. The smallest absolute Gasteiger partial charge is 0.376 e. The van der Waals surface area contributed by atoms with Crippen LogP contribution in [-0.4, -0.2) is 16.8 Å². The van der Waals surface area contributed by atoms with Crippen molar-refractivity contribution >= 4 is 17.7 Å². The van der Waals surface area contributed by atoms with Gasteiger partial charge in [0.15, 0.2) is 5.60 Å². The van der Waals surface area contributed by atoms with Crippen molar-refractivity contribution < 1.29 is 23.1 Å². The molecule has 1 aliphatic heterocycles. The van der Waals surface area contributed by atoms with Gasteiger partial charge in [0, 0.05) is 16.2 Å². The van der Waals surface area contributed by atoms with Gasteiger partial charge in [0.2, 0.25) is 0 Å². The van der Waals surface area contributed by atoms with Crippen molar-refractivity contribution in [2.75, 3.05) is 5.75 Å². The van der Waals surface area contributed by atoms with Crippen molar-refractivity contribution in [3.63, 3.8) is 0 Å². The predicted octanol–water partition coefficient (Wildman–Crippen LogP) is 4.27. The average Bonchev–Trinajstić information content (AvgIpc) is 2.61. The lowest BCUT2D eigenvalue weighted by molar-refractivity contribution is -0.146.